The molecule has 1 aromatic carbocycles. The lowest BCUT2D eigenvalue weighted by Gasteiger charge is -2.29. The minimum atomic E-state index is -0.166. The molecule has 4 nitrogen and oxygen atoms in total. The van der Waals surface area contributed by atoms with Crippen LogP contribution in [0.2, 0.25) is 0 Å². The number of nitrogens with zero attached hydrogens (tertiary/aromatic N) is 1. The van der Waals surface area contributed by atoms with E-state index in [1.54, 1.807) is 13.2 Å². The van der Waals surface area contributed by atoms with Crippen LogP contribution >= 0.6 is 0 Å². The van der Waals surface area contributed by atoms with Crippen LogP contribution in [0.15, 0.2) is 24.3 Å². The number of methoxy groups -OCH3 is 1. The smallest absolute Gasteiger partial charge is 0.167 e. The molecule has 1 fully saturated rings. The van der Waals surface area contributed by atoms with E-state index in [0.717, 1.165) is 32.5 Å². The molecule has 0 unspecified atom stereocenters. The largest absolute Gasteiger partial charge is 0.496 e. The van der Waals surface area contributed by atoms with Gasteiger partial charge in [-0.15, -0.1) is 0 Å². The summed E-state index contributed by atoms with van der Waals surface area (Å²) in [4.78, 5) is 14.4. The van der Waals surface area contributed by atoms with E-state index in [9.17, 15) is 9.90 Å². The maximum Gasteiger partial charge on any atom is 0.167 e. The average Bonchev–Trinajstić information content (AvgIpc) is 2.46. The summed E-state index contributed by atoms with van der Waals surface area (Å²) in [6.45, 7) is 2.50. The maximum absolute atomic E-state index is 12.2. The van der Waals surface area contributed by atoms with Crippen molar-refractivity contribution in [1.29, 1.82) is 0 Å². The molecule has 0 spiro atoms. The number of ketones is 1. The fourth-order valence-corrected chi connectivity index (χ4v) is 2.41. The number of piperidine rings is 1. The molecule has 1 heterocycles. The van der Waals surface area contributed by atoms with Gasteiger partial charge in [-0.25, -0.2) is 0 Å². The molecule has 0 bridgehead atoms. The first-order chi connectivity index (χ1) is 9.20. The van der Waals surface area contributed by atoms with Crippen LogP contribution in [-0.4, -0.2) is 48.6 Å². The predicted molar refractivity (Wildman–Crippen MR) is 73.6 cm³/mol. The molecular weight excluding hydrogens is 242 g/mol. The molecule has 4 heteroatoms. The Labute approximate surface area is 114 Å². The molecule has 0 saturated carbocycles. The molecule has 2 rings (SSSR count). The number of carbonyl (C=O) groups is 1. The molecule has 0 radical (unpaired) electrons. The van der Waals surface area contributed by atoms with Crippen LogP contribution < -0.4 is 4.74 Å². The molecule has 19 heavy (non-hydrogen) atoms. The Morgan fingerprint density at radius 2 is 2.05 bits per heavy atom. The molecule has 1 N–H and O–H groups in total. The molecule has 0 aliphatic carbocycles. The lowest BCUT2D eigenvalue weighted by Crippen LogP contribution is -2.37. The van der Waals surface area contributed by atoms with Crippen LogP contribution in [-0.2, 0) is 0 Å². The van der Waals surface area contributed by atoms with Gasteiger partial charge in [-0.2, -0.15) is 0 Å². The van der Waals surface area contributed by atoms with Crippen LogP contribution in [0, 0.1) is 0 Å². The van der Waals surface area contributed by atoms with Gasteiger partial charge in [0.2, 0.25) is 0 Å². The van der Waals surface area contributed by atoms with Gasteiger partial charge >= 0.3 is 0 Å². The van der Waals surface area contributed by atoms with Gasteiger partial charge in [-0.3, -0.25) is 4.79 Å². The van der Waals surface area contributed by atoms with E-state index < -0.39 is 0 Å². The molecule has 1 aliphatic rings. The number of carbonyl (C=O) groups excluding carboxylic acids is 1. The van der Waals surface area contributed by atoms with Crippen molar-refractivity contribution in [1.82, 2.24) is 4.90 Å². The van der Waals surface area contributed by atoms with Crippen molar-refractivity contribution in [3.05, 3.63) is 29.8 Å². The molecular formula is C15H21NO3. The fourth-order valence-electron chi connectivity index (χ4n) is 2.41. The van der Waals surface area contributed by atoms with Gasteiger partial charge in [0.15, 0.2) is 5.78 Å². The highest BCUT2D eigenvalue weighted by atomic mass is 16.5. The van der Waals surface area contributed by atoms with Crippen LogP contribution in [0.25, 0.3) is 0 Å². The number of benzene rings is 1. The molecule has 1 saturated heterocycles. The van der Waals surface area contributed by atoms with E-state index in [4.69, 9.17) is 4.74 Å². The maximum atomic E-state index is 12.2. The Bertz CT molecular complexity index is 425. The van der Waals surface area contributed by atoms with Crippen LogP contribution in [0.1, 0.15) is 29.6 Å². The monoisotopic (exact) mass is 263 g/mol. The minimum absolute atomic E-state index is 0.114. The van der Waals surface area contributed by atoms with Gasteiger partial charge in [0, 0.05) is 26.1 Å². The highest BCUT2D eigenvalue weighted by Gasteiger charge is 2.18. The fraction of sp³-hybridized carbons (Fsp3) is 0.533. The number of Topliss-reactive ketones (excluding diaryl/α,β-unsaturated/α-hetero) is 1. The summed E-state index contributed by atoms with van der Waals surface area (Å²) in [7, 11) is 1.58. The first-order valence-electron chi connectivity index (χ1n) is 6.77. The van der Waals surface area contributed by atoms with Crippen molar-refractivity contribution in [2.45, 2.75) is 25.4 Å². The van der Waals surface area contributed by atoms with E-state index >= 15 is 0 Å². The van der Waals surface area contributed by atoms with Crippen LogP contribution in [0.3, 0.4) is 0 Å². The summed E-state index contributed by atoms with van der Waals surface area (Å²) >= 11 is 0. The van der Waals surface area contributed by atoms with Gasteiger partial charge in [0.05, 0.1) is 18.8 Å². The van der Waals surface area contributed by atoms with Gasteiger partial charge in [0.25, 0.3) is 0 Å². The van der Waals surface area contributed by atoms with Crippen molar-refractivity contribution >= 4 is 5.78 Å². The zero-order valence-corrected chi connectivity index (χ0v) is 11.3. The number of hydrogen-bond acceptors (Lipinski definition) is 4. The third-order valence-corrected chi connectivity index (χ3v) is 3.62. The lowest BCUT2D eigenvalue weighted by molar-refractivity contribution is 0.0777. The molecule has 0 amide bonds. The molecule has 0 aromatic heterocycles. The second kappa shape index (κ2) is 6.68. The van der Waals surface area contributed by atoms with Gasteiger partial charge in [-0.05, 0) is 25.0 Å². The summed E-state index contributed by atoms with van der Waals surface area (Å²) in [6.07, 6.45) is 1.95. The van der Waals surface area contributed by atoms with E-state index in [1.165, 1.54) is 0 Å². The summed E-state index contributed by atoms with van der Waals surface area (Å²) in [5.41, 5.74) is 0.655. The summed E-state index contributed by atoms with van der Waals surface area (Å²) in [6, 6.07) is 7.33. The Hall–Kier alpha value is -1.39. The predicted octanol–water partition coefficient (Wildman–Crippen LogP) is 1.72. The Balaban J connectivity index is 1.87. The van der Waals surface area contributed by atoms with Crippen molar-refractivity contribution in [3.8, 4) is 5.75 Å². The van der Waals surface area contributed by atoms with Crippen molar-refractivity contribution in [2.24, 2.45) is 0 Å². The summed E-state index contributed by atoms with van der Waals surface area (Å²) in [5.74, 6) is 0.755. The number of aliphatic hydroxyl groups excluding tert-OH is 1. The van der Waals surface area contributed by atoms with E-state index in [2.05, 4.69) is 4.90 Å². The topological polar surface area (TPSA) is 49.8 Å². The molecule has 1 aliphatic heterocycles. The number of likely N-dealkylation sites (tertiary alicyclic amines) is 1. The van der Waals surface area contributed by atoms with Gasteiger partial charge < -0.3 is 14.7 Å². The van der Waals surface area contributed by atoms with Gasteiger partial charge in [0.1, 0.15) is 5.75 Å². The zero-order valence-electron chi connectivity index (χ0n) is 11.3. The Morgan fingerprint density at radius 3 is 2.74 bits per heavy atom. The number of rotatable bonds is 5. The summed E-state index contributed by atoms with van der Waals surface area (Å²) in [5, 5.41) is 9.44. The summed E-state index contributed by atoms with van der Waals surface area (Å²) < 4.78 is 5.20. The zero-order chi connectivity index (χ0) is 13.7. The second-order valence-corrected chi connectivity index (χ2v) is 4.95. The number of para-hydroxylation sites is 1. The SMILES string of the molecule is COc1ccccc1C(=O)CCN1CCC(O)CC1. The van der Waals surface area contributed by atoms with Crippen molar-refractivity contribution < 1.29 is 14.6 Å². The highest BCUT2D eigenvalue weighted by molar-refractivity contribution is 5.98. The first-order valence-corrected chi connectivity index (χ1v) is 6.77. The quantitative estimate of drug-likeness (QED) is 0.822. The number of aliphatic hydroxyl groups is 1. The van der Waals surface area contributed by atoms with Gasteiger partial charge in [-0.1, -0.05) is 12.1 Å². The minimum Gasteiger partial charge on any atom is -0.496 e. The second-order valence-electron chi connectivity index (χ2n) is 4.95. The van der Waals surface area contributed by atoms with E-state index in [0.29, 0.717) is 17.7 Å². The van der Waals surface area contributed by atoms with Crippen LogP contribution in [0.5, 0.6) is 5.75 Å². The van der Waals surface area contributed by atoms with Crippen LogP contribution in [0.4, 0.5) is 0 Å². The highest BCUT2D eigenvalue weighted by Crippen LogP contribution is 2.19. The molecule has 0 atom stereocenters. The van der Waals surface area contributed by atoms with E-state index in [1.807, 2.05) is 18.2 Å². The first kappa shape index (κ1) is 14.0. The molecule has 104 valence electrons. The third kappa shape index (κ3) is 3.78. The van der Waals surface area contributed by atoms with Crippen molar-refractivity contribution in [3.63, 3.8) is 0 Å². The van der Waals surface area contributed by atoms with Crippen molar-refractivity contribution in [2.75, 3.05) is 26.7 Å². The van der Waals surface area contributed by atoms with E-state index in [-0.39, 0.29) is 11.9 Å². The molecule has 1 aromatic rings. The normalized spacial score (nSPS) is 17.4. The number of ether oxygens (including phenoxy) is 1. The third-order valence-electron chi connectivity index (χ3n) is 3.62. The Morgan fingerprint density at radius 1 is 1.37 bits per heavy atom. The average molecular weight is 263 g/mol. The lowest BCUT2D eigenvalue weighted by atomic mass is 10.0. The standard InChI is InChI=1S/C15H21NO3/c1-19-15-5-3-2-4-13(15)14(18)8-11-16-9-6-12(17)7-10-16/h2-5,12,17H,6-11H2,1H3. The Kier molecular flexibility index (Phi) is 4.93. The number of hydrogen-bond donors (Lipinski definition) is 1.